The third-order valence-corrected chi connectivity index (χ3v) is 2.87. The van der Waals surface area contributed by atoms with E-state index in [1.807, 2.05) is 0 Å². The van der Waals surface area contributed by atoms with E-state index in [1.165, 1.54) is 25.3 Å². The number of carbonyl (C=O) groups excluding carboxylic acids is 1. The molecule has 6 nitrogen and oxygen atoms in total. The lowest BCUT2D eigenvalue weighted by atomic mass is 10.1. The molecule has 2 rings (SSSR count). The van der Waals surface area contributed by atoms with Gasteiger partial charge >= 0.3 is 5.97 Å². The van der Waals surface area contributed by atoms with Gasteiger partial charge in [0.15, 0.2) is 0 Å². The normalized spacial score (nSPS) is 9.95. The summed E-state index contributed by atoms with van der Waals surface area (Å²) in [5.41, 5.74) is 6.28. The van der Waals surface area contributed by atoms with Crippen molar-refractivity contribution in [3.63, 3.8) is 0 Å². The molecule has 108 valence electrons. The highest BCUT2D eigenvalue weighted by Crippen LogP contribution is 2.22. The molecule has 0 aliphatic carbocycles. The minimum absolute atomic E-state index is 0.0711. The van der Waals surface area contributed by atoms with E-state index in [0.29, 0.717) is 17.0 Å². The predicted molar refractivity (Wildman–Crippen MR) is 78.8 cm³/mol. The van der Waals surface area contributed by atoms with Crippen LogP contribution < -0.4 is 15.8 Å². The summed E-state index contributed by atoms with van der Waals surface area (Å²) in [5, 5.41) is 11.7. The van der Waals surface area contributed by atoms with E-state index in [9.17, 15) is 9.59 Å². The summed E-state index contributed by atoms with van der Waals surface area (Å²) in [6.07, 6.45) is 0. The molecule has 0 aliphatic rings. The van der Waals surface area contributed by atoms with Gasteiger partial charge in [0, 0.05) is 5.69 Å². The average Bonchev–Trinajstić information content (AvgIpc) is 2.48. The Bertz CT molecular complexity index is 698. The minimum atomic E-state index is -1.17. The van der Waals surface area contributed by atoms with Crippen LogP contribution in [0.5, 0.6) is 5.75 Å². The molecule has 6 heteroatoms. The van der Waals surface area contributed by atoms with Crippen molar-refractivity contribution in [3.8, 4) is 5.75 Å². The first kappa shape index (κ1) is 14.4. The Morgan fingerprint density at radius 1 is 1.14 bits per heavy atom. The minimum Gasteiger partial charge on any atom is -0.496 e. The Kier molecular flexibility index (Phi) is 4.08. The number of nitrogens with one attached hydrogen (secondary N) is 1. The van der Waals surface area contributed by atoms with Crippen LogP contribution in [0.15, 0.2) is 42.5 Å². The van der Waals surface area contributed by atoms with Gasteiger partial charge in [-0.2, -0.15) is 0 Å². The van der Waals surface area contributed by atoms with Crippen molar-refractivity contribution in [1.82, 2.24) is 0 Å². The van der Waals surface area contributed by atoms with Gasteiger partial charge in [-0.25, -0.2) is 4.79 Å². The highest BCUT2D eigenvalue weighted by molar-refractivity contribution is 6.09. The monoisotopic (exact) mass is 286 g/mol. The average molecular weight is 286 g/mol. The van der Waals surface area contributed by atoms with Crippen molar-refractivity contribution in [3.05, 3.63) is 53.6 Å². The first-order valence-corrected chi connectivity index (χ1v) is 6.10. The van der Waals surface area contributed by atoms with Crippen molar-refractivity contribution in [1.29, 1.82) is 0 Å². The molecule has 0 saturated heterocycles. The molecule has 0 unspecified atom stereocenters. The van der Waals surface area contributed by atoms with Crippen LogP contribution in [0.1, 0.15) is 20.7 Å². The van der Waals surface area contributed by atoms with Crippen LogP contribution in [-0.4, -0.2) is 24.1 Å². The number of methoxy groups -OCH3 is 1. The molecule has 0 aliphatic heterocycles. The SMILES string of the molecule is COc1ccccc1C(=O)Nc1ccc(N)cc1C(=O)O. The maximum absolute atomic E-state index is 12.2. The highest BCUT2D eigenvalue weighted by Gasteiger charge is 2.16. The quantitative estimate of drug-likeness (QED) is 0.748. The molecule has 4 N–H and O–H groups in total. The lowest BCUT2D eigenvalue weighted by Crippen LogP contribution is -2.16. The van der Waals surface area contributed by atoms with Crippen LogP contribution in [0.25, 0.3) is 0 Å². The summed E-state index contributed by atoms with van der Waals surface area (Å²) in [5.74, 6) is -1.22. The summed E-state index contributed by atoms with van der Waals surface area (Å²) in [6, 6.07) is 10.9. The smallest absolute Gasteiger partial charge is 0.337 e. The van der Waals surface area contributed by atoms with Crippen LogP contribution >= 0.6 is 0 Å². The third kappa shape index (κ3) is 3.11. The number of ether oxygens (including phenoxy) is 1. The van der Waals surface area contributed by atoms with Gasteiger partial charge in [0.25, 0.3) is 5.91 Å². The molecule has 2 aromatic carbocycles. The largest absolute Gasteiger partial charge is 0.496 e. The Morgan fingerprint density at radius 3 is 2.52 bits per heavy atom. The number of carboxylic acid groups (broad SMARTS) is 1. The molecule has 0 radical (unpaired) electrons. The highest BCUT2D eigenvalue weighted by atomic mass is 16.5. The molecule has 2 aromatic rings. The molecular weight excluding hydrogens is 272 g/mol. The second-order valence-electron chi connectivity index (χ2n) is 4.26. The zero-order valence-electron chi connectivity index (χ0n) is 11.3. The number of hydrogen-bond acceptors (Lipinski definition) is 4. The van der Waals surface area contributed by atoms with Gasteiger partial charge in [-0.3, -0.25) is 4.79 Å². The van der Waals surface area contributed by atoms with E-state index in [-0.39, 0.29) is 11.3 Å². The van der Waals surface area contributed by atoms with Crippen LogP contribution in [0.4, 0.5) is 11.4 Å². The predicted octanol–water partition coefficient (Wildman–Crippen LogP) is 2.23. The number of aromatic carboxylic acids is 1. The summed E-state index contributed by atoms with van der Waals surface area (Å²) >= 11 is 0. The van der Waals surface area contributed by atoms with E-state index in [2.05, 4.69) is 5.32 Å². The second-order valence-corrected chi connectivity index (χ2v) is 4.26. The number of nitrogen functional groups attached to an aromatic ring is 1. The van der Waals surface area contributed by atoms with E-state index in [1.54, 1.807) is 24.3 Å². The first-order chi connectivity index (χ1) is 10.0. The standard InChI is InChI=1S/C15H14N2O4/c1-21-13-5-3-2-4-10(13)14(18)17-12-7-6-9(16)8-11(12)15(19)20/h2-8H,16H2,1H3,(H,17,18)(H,19,20). The lowest BCUT2D eigenvalue weighted by Gasteiger charge is -2.11. The number of rotatable bonds is 4. The van der Waals surface area contributed by atoms with E-state index < -0.39 is 11.9 Å². The fraction of sp³-hybridized carbons (Fsp3) is 0.0667. The van der Waals surface area contributed by atoms with Gasteiger partial charge in [-0.05, 0) is 30.3 Å². The lowest BCUT2D eigenvalue weighted by molar-refractivity contribution is 0.0698. The van der Waals surface area contributed by atoms with Gasteiger partial charge in [0.05, 0.1) is 23.9 Å². The van der Waals surface area contributed by atoms with Crippen molar-refractivity contribution in [2.75, 3.05) is 18.2 Å². The zero-order valence-corrected chi connectivity index (χ0v) is 11.3. The van der Waals surface area contributed by atoms with Crippen molar-refractivity contribution >= 4 is 23.3 Å². The summed E-state index contributed by atoms with van der Waals surface area (Å²) in [4.78, 5) is 23.4. The number of amides is 1. The summed E-state index contributed by atoms with van der Waals surface area (Å²) < 4.78 is 5.10. The molecule has 0 fully saturated rings. The number of carboxylic acids is 1. The molecule has 0 atom stereocenters. The fourth-order valence-corrected chi connectivity index (χ4v) is 1.87. The van der Waals surface area contributed by atoms with Crippen molar-refractivity contribution < 1.29 is 19.4 Å². The Morgan fingerprint density at radius 2 is 1.86 bits per heavy atom. The molecule has 0 bridgehead atoms. The molecule has 0 saturated carbocycles. The van der Waals surface area contributed by atoms with Gasteiger partial charge < -0.3 is 20.9 Å². The van der Waals surface area contributed by atoms with Gasteiger partial charge in [0.2, 0.25) is 0 Å². The number of anilines is 2. The number of para-hydroxylation sites is 1. The van der Waals surface area contributed by atoms with Gasteiger partial charge in [0.1, 0.15) is 5.75 Å². The third-order valence-electron chi connectivity index (χ3n) is 2.87. The van der Waals surface area contributed by atoms with Crippen LogP contribution in [0, 0.1) is 0 Å². The zero-order chi connectivity index (χ0) is 15.4. The number of carbonyl (C=O) groups is 2. The molecule has 0 aromatic heterocycles. The molecule has 0 heterocycles. The van der Waals surface area contributed by atoms with E-state index >= 15 is 0 Å². The van der Waals surface area contributed by atoms with Crippen LogP contribution in [0.3, 0.4) is 0 Å². The summed E-state index contributed by atoms with van der Waals surface area (Å²) in [7, 11) is 1.46. The Balaban J connectivity index is 2.34. The van der Waals surface area contributed by atoms with E-state index in [0.717, 1.165) is 0 Å². The topological polar surface area (TPSA) is 102 Å². The molecule has 0 spiro atoms. The summed E-state index contributed by atoms with van der Waals surface area (Å²) in [6.45, 7) is 0. The van der Waals surface area contributed by atoms with Crippen molar-refractivity contribution in [2.45, 2.75) is 0 Å². The first-order valence-electron chi connectivity index (χ1n) is 6.10. The fourth-order valence-electron chi connectivity index (χ4n) is 1.87. The van der Waals surface area contributed by atoms with Crippen LogP contribution in [-0.2, 0) is 0 Å². The number of hydrogen-bond donors (Lipinski definition) is 3. The van der Waals surface area contributed by atoms with E-state index in [4.69, 9.17) is 15.6 Å². The molecule has 21 heavy (non-hydrogen) atoms. The Labute approximate surface area is 121 Å². The maximum Gasteiger partial charge on any atom is 0.337 e. The van der Waals surface area contributed by atoms with Crippen LogP contribution in [0.2, 0.25) is 0 Å². The number of benzene rings is 2. The van der Waals surface area contributed by atoms with Gasteiger partial charge in [-0.15, -0.1) is 0 Å². The van der Waals surface area contributed by atoms with Crippen molar-refractivity contribution in [2.24, 2.45) is 0 Å². The number of nitrogens with two attached hydrogens (primary N) is 1. The van der Waals surface area contributed by atoms with Gasteiger partial charge in [-0.1, -0.05) is 12.1 Å². The molecular formula is C15H14N2O4. The second kappa shape index (κ2) is 5.96. The Hall–Kier alpha value is -3.02. The maximum atomic E-state index is 12.2. The molecule has 1 amide bonds.